The summed E-state index contributed by atoms with van der Waals surface area (Å²) in [6.07, 6.45) is -2.38. The Kier molecular flexibility index (Phi) is 9.39. The van der Waals surface area contributed by atoms with E-state index >= 15 is 0 Å². The summed E-state index contributed by atoms with van der Waals surface area (Å²) in [5, 5.41) is 7.24. The smallest absolute Gasteiger partial charge is 0.309 e. The normalized spacial score (nSPS) is 19.7. The number of benzene rings is 2. The molecule has 8 heteroatoms. The van der Waals surface area contributed by atoms with E-state index in [1.807, 2.05) is 18.2 Å². The van der Waals surface area contributed by atoms with Crippen LogP contribution in [0.25, 0.3) is 0 Å². The van der Waals surface area contributed by atoms with Crippen LogP contribution in [0.3, 0.4) is 0 Å². The summed E-state index contributed by atoms with van der Waals surface area (Å²) >= 11 is 6.09. The second kappa shape index (κ2) is 10.5. The molecule has 0 saturated carbocycles. The minimum absolute atomic E-state index is 0. The third-order valence-electron chi connectivity index (χ3n) is 4.54. The van der Waals surface area contributed by atoms with E-state index in [2.05, 4.69) is 22.8 Å². The van der Waals surface area contributed by atoms with E-state index in [9.17, 15) is 13.2 Å². The van der Waals surface area contributed by atoms with Crippen LogP contribution in [-0.4, -0.2) is 12.6 Å². The molecule has 0 bridgehead atoms. The number of alkyl halides is 3. The van der Waals surface area contributed by atoms with Gasteiger partial charge < -0.3 is 10.6 Å². The van der Waals surface area contributed by atoms with Gasteiger partial charge in [-0.2, -0.15) is 13.2 Å². The average molecular weight is 442 g/mol. The van der Waals surface area contributed by atoms with Crippen molar-refractivity contribution >= 4 is 36.4 Å². The van der Waals surface area contributed by atoms with Gasteiger partial charge in [0.15, 0.2) is 0 Å². The van der Waals surface area contributed by atoms with Crippen LogP contribution in [0.4, 0.5) is 13.2 Å². The minimum atomic E-state index is -4.36. The lowest BCUT2D eigenvalue weighted by atomic mass is 9.92. The molecule has 1 fully saturated rings. The van der Waals surface area contributed by atoms with Gasteiger partial charge in [-0.1, -0.05) is 41.9 Å². The van der Waals surface area contributed by atoms with Crippen LogP contribution in [-0.2, 0) is 12.7 Å². The van der Waals surface area contributed by atoms with Crippen LogP contribution < -0.4 is 10.6 Å². The standard InChI is InChI=1S/C19H20ClF3N2.2ClH/c20-16-9-8-15(19(21,22)23)11-14(16)12-25-17-7-4-10-24-18(17)13-5-2-1-3-6-13;;/h1-3,5-6,8-9,11,17-18,24-25H,4,7,10,12H2;2*1H/t17-,18-;;/m0../s1. The quantitative estimate of drug-likeness (QED) is 0.628. The minimum Gasteiger partial charge on any atom is -0.309 e. The lowest BCUT2D eigenvalue weighted by Gasteiger charge is -2.34. The van der Waals surface area contributed by atoms with Gasteiger partial charge in [0.2, 0.25) is 0 Å². The van der Waals surface area contributed by atoms with Crippen LogP contribution in [0, 0.1) is 0 Å². The molecule has 0 spiro atoms. The van der Waals surface area contributed by atoms with E-state index in [0.717, 1.165) is 31.5 Å². The molecule has 2 nitrogen and oxygen atoms in total. The third-order valence-corrected chi connectivity index (χ3v) is 4.91. The zero-order chi connectivity index (χ0) is 17.9. The topological polar surface area (TPSA) is 24.1 Å². The predicted octanol–water partition coefficient (Wildman–Crippen LogP) is 5.79. The number of piperidine rings is 1. The van der Waals surface area contributed by atoms with Gasteiger partial charge in [0, 0.05) is 23.7 Å². The summed E-state index contributed by atoms with van der Waals surface area (Å²) in [5.41, 5.74) is 0.971. The molecule has 0 radical (unpaired) electrons. The molecular weight excluding hydrogens is 420 g/mol. The zero-order valence-corrected chi connectivity index (χ0v) is 16.8. The zero-order valence-electron chi connectivity index (χ0n) is 14.4. The van der Waals surface area contributed by atoms with Gasteiger partial charge in [-0.25, -0.2) is 0 Å². The van der Waals surface area contributed by atoms with Crippen LogP contribution >= 0.6 is 36.4 Å². The molecule has 3 rings (SSSR count). The molecule has 2 atom stereocenters. The maximum atomic E-state index is 12.9. The van der Waals surface area contributed by atoms with Gasteiger partial charge in [0.1, 0.15) is 0 Å². The van der Waals surface area contributed by atoms with Gasteiger partial charge in [-0.15, -0.1) is 24.8 Å². The first-order chi connectivity index (χ1) is 11.9. The molecular formula is C19H22Cl3F3N2. The second-order valence-electron chi connectivity index (χ2n) is 6.28. The fraction of sp³-hybridized carbons (Fsp3) is 0.368. The molecule has 0 aliphatic carbocycles. The van der Waals surface area contributed by atoms with Crippen LogP contribution in [0.5, 0.6) is 0 Å². The summed E-state index contributed by atoms with van der Waals surface area (Å²) in [6, 6.07) is 13.8. The van der Waals surface area contributed by atoms with Crippen molar-refractivity contribution in [2.24, 2.45) is 0 Å². The van der Waals surface area contributed by atoms with E-state index in [-0.39, 0.29) is 36.9 Å². The van der Waals surface area contributed by atoms with Gasteiger partial charge in [-0.3, -0.25) is 0 Å². The van der Waals surface area contributed by atoms with Crippen molar-refractivity contribution in [1.29, 1.82) is 0 Å². The predicted molar refractivity (Wildman–Crippen MR) is 108 cm³/mol. The van der Waals surface area contributed by atoms with Crippen LogP contribution in [0.1, 0.15) is 35.6 Å². The largest absolute Gasteiger partial charge is 0.416 e. The number of hydrogen-bond acceptors (Lipinski definition) is 2. The second-order valence-corrected chi connectivity index (χ2v) is 6.68. The fourth-order valence-corrected chi connectivity index (χ4v) is 3.43. The fourth-order valence-electron chi connectivity index (χ4n) is 3.25. The molecule has 1 aliphatic rings. The van der Waals surface area contributed by atoms with Crippen molar-refractivity contribution in [1.82, 2.24) is 10.6 Å². The maximum absolute atomic E-state index is 12.9. The van der Waals surface area contributed by atoms with E-state index in [0.29, 0.717) is 17.1 Å². The van der Waals surface area contributed by atoms with E-state index in [1.165, 1.54) is 11.6 Å². The monoisotopic (exact) mass is 440 g/mol. The molecule has 1 saturated heterocycles. The molecule has 0 aromatic heterocycles. The van der Waals surface area contributed by atoms with Gasteiger partial charge in [0.05, 0.1) is 5.56 Å². The SMILES string of the molecule is Cl.Cl.FC(F)(F)c1ccc(Cl)c(CN[C@H]2CCCN[C@H]2c2ccccc2)c1. The summed E-state index contributed by atoms with van der Waals surface area (Å²) in [7, 11) is 0. The van der Waals surface area contributed by atoms with Crippen molar-refractivity contribution in [3.05, 3.63) is 70.2 Å². The van der Waals surface area contributed by atoms with Crippen molar-refractivity contribution in [3.8, 4) is 0 Å². The molecule has 0 amide bonds. The van der Waals surface area contributed by atoms with E-state index in [4.69, 9.17) is 11.6 Å². The lowest BCUT2D eigenvalue weighted by Crippen LogP contribution is -2.45. The van der Waals surface area contributed by atoms with Crippen LogP contribution in [0.15, 0.2) is 48.5 Å². The Bertz CT molecular complexity index is 711. The number of halogens is 6. The van der Waals surface area contributed by atoms with Crippen molar-refractivity contribution in [2.45, 2.75) is 37.6 Å². The molecule has 150 valence electrons. The highest BCUT2D eigenvalue weighted by Gasteiger charge is 2.31. The Balaban J connectivity index is 0.00000182. The number of nitrogens with one attached hydrogen (secondary N) is 2. The molecule has 2 aromatic rings. The molecule has 0 unspecified atom stereocenters. The molecule has 2 aromatic carbocycles. The first kappa shape index (κ1) is 24.1. The Hall–Kier alpha value is -0.980. The summed E-state index contributed by atoms with van der Waals surface area (Å²) in [5.74, 6) is 0. The summed E-state index contributed by atoms with van der Waals surface area (Å²) < 4.78 is 38.7. The van der Waals surface area contributed by atoms with Crippen molar-refractivity contribution < 1.29 is 13.2 Å². The summed E-state index contributed by atoms with van der Waals surface area (Å²) in [6.45, 7) is 1.24. The van der Waals surface area contributed by atoms with Gasteiger partial charge >= 0.3 is 6.18 Å². The highest BCUT2D eigenvalue weighted by molar-refractivity contribution is 6.31. The Morgan fingerprint density at radius 1 is 1.07 bits per heavy atom. The van der Waals surface area contributed by atoms with Crippen molar-refractivity contribution in [3.63, 3.8) is 0 Å². The highest BCUT2D eigenvalue weighted by atomic mass is 35.5. The van der Waals surface area contributed by atoms with E-state index < -0.39 is 11.7 Å². The van der Waals surface area contributed by atoms with Crippen LogP contribution in [0.2, 0.25) is 5.02 Å². The van der Waals surface area contributed by atoms with Gasteiger partial charge in [-0.05, 0) is 48.7 Å². The first-order valence-corrected chi connectivity index (χ1v) is 8.70. The number of hydrogen-bond donors (Lipinski definition) is 2. The first-order valence-electron chi connectivity index (χ1n) is 8.32. The molecule has 1 aliphatic heterocycles. The Labute approximate surface area is 174 Å². The molecule has 1 heterocycles. The maximum Gasteiger partial charge on any atom is 0.416 e. The lowest BCUT2D eigenvalue weighted by molar-refractivity contribution is -0.137. The van der Waals surface area contributed by atoms with Gasteiger partial charge in [0.25, 0.3) is 0 Å². The summed E-state index contributed by atoms with van der Waals surface area (Å²) in [4.78, 5) is 0. The van der Waals surface area contributed by atoms with Crippen molar-refractivity contribution in [2.75, 3.05) is 6.54 Å². The third kappa shape index (κ3) is 6.26. The Morgan fingerprint density at radius 2 is 1.78 bits per heavy atom. The average Bonchev–Trinajstić information content (AvgIpc) is 2.61. The highest BCUT2D eigenvalue weighted by Crippen LogP contribution is 2.32. The molecule has 2 N–H and O–H groups in total. The Morgan fingerprint density at radius 3 is 2.44 bits per heavy atom. The van der Waals surface area contributed by atoms with E-state index in [1.54, 1.807) is 0 Å². The molecule has 27 heavy (non-hydrogen) atoms. The number of rotatable bonds is 4.